The van der Waals surface area contributed by atoms with E-state index in [1.165, 1.54) is 0 Å². The maximum atomic E-state index is 13.6. The number of hydrogen-bond donors (Lipinski definition) is 1. The summed E-state index contributed by atoms with van der Waals surface area (Å²) < 4.78 is 10.6. The average Bonchev–Trinajstić information content (AvgIpc) is 3.53. The van der Waals surface area contributed by atoms with Crippen molar-refractivity contribution < 1.29 is 23.5 Å². The number of nitrogens with zero attached hydrogens (tertiary/aromatic N) is 2. The standard InChI is InChI=1S/C27H35N3O5/c1-3-4-13-30-24(31)17-23(25(30)19-7-9-21(34-2)10-8-19)27(33)29-14-11-20(12-15-29)26(32)28-18-22-6-5-16-35-22/h5-10,16,20,23,25H,3-4,11-15,17-18H2,1-2H3,(H,28,32). The summed E-state index contributed by atoms with van der Waals surface area (Å²) in [7, 11) is 1.62. The molecule has 1 aromatic heterocycles. The fraction of sp³-hybridized carbons (Fsp3) is 0.519. The predicted molar refractivity (Wildman–Crippen MR) is 130 cm³/mol. The number of nitrogens with one attached hydrogen (secondary N) is 1. The minimum Gasteiger partial charge on any atom is -0.497 e. The largest absolute Gasteiger partial charge is 0.497 e. The summed E-state index contributed by atoms with van der Waals surface area (Å²) >= 11 is 0. The van der Waals surface area contributed by atoms with Gasteiger partial charge in [-0.05, 0) is 49.1 Å². The van der Waals surface area contributed by atoms with Crippen molar-refractivity contribution >= 4 is 17.7 Å². The van der Waals surface area contributed by atoms with Crippen LogP contribution >= 0.6 is 0 Å². The number of methoxy groups -OCH3 is 1. The molecule has 2 saturated heterocycles. The number of ether oxygens (including phenoxy) is 1. The molecule has 4 rings (SSSR count). The second-order valence-corrected chi connectivity index (χ2v) is 9.37. The number of furan rings is 1. The van der Waals surface area contributed by atoms with Crippen LogP contribution in [0.15, 0.2) is 47.1 Å². The van der Waals surface area contributed by atoms with Crippen LogP contribution in [0.4, 0.5) is 0 Å². The summed E-state index contributed by atoms with van der Waals surface area (Å²) in [5.41, 5.74) is 0.957. The molecular formula is C27H35N3O5. The lowest BCUT2D eigenvalue weighted by Gasteiger charge is -2.35. The molecule has 188 valence electrons. The van der Waals surface area contributed by atoms with E-state index in [2.05, 4.69) is 12.2 Å². The van der Waals surface area contributed by atoms with E-state index in [1.807, 2.05) is 40.1 Å². The van der Waals surface area contributed by atoms with Gasteiger partial charge in [-0.1, -0.05) is 25.5 Å². The lowest BCUT2D eigenvalue weighted by atomic mass is 9.90. The molecule has 0 aliphatic carbocycles. The van der Waals surface area contributed by atoms with Crippen molar-refractivity contribution in [3.63, 3.8) is 0 Å². The Hall–Kier alpha value is -3.29. The molecule has 3 heterocycles. The van der Waals surface area contributed by atoms with E-state index in [0.29, 0.717) is 44.8 Å². The van der Waals surface area contributed by atoms with E-state index in [0.717, 1.165) is 24.2 Å². The molecule has 1 N–H and O–H groups in total. The Kier molecular flexibility index (Phi) is 8.10. The molecule has 8 heteroatoms. The van der Waals surface area contributed by atoms with Gasteiger partial charge in [-0.3, -0.25) is 14.4 Å². The van der Waals surface area contributed by atoms with Crippen molar-refractivity contribution in [2.45, 2.75) is 51.6 Å². The maximum absolute atomic E-state index is 13.6. The van der Waals surface area contributed by atoms with Crippen LogP contribution in [-0.4, -0.2) is 54.3 Å². The highest BCUT2D eigenvalue weighted by atomic mass is 16.5. The van der Waals surface area contributed by atoms with Crippen LogP contribution in [0, 0.1) is 11.8 Å². The van der Waals surface area contributed by atoms with Gasteiger partial charge < -0.3 is 24.3 Å². The molecule has 2 fully saturated rings. The van der Waals surface area contributed by atoms with Crippen LogP contribution in [0.2, 0.25) is 0 Å². The number of piperidine rings is 1. The summed E-state index contributed by atoms with van der Waals surface area (Å²) in [4.78, 5) is 42.9. The molecule has 2 aliphatic heterocycles. The summed E-state index contributed by atoms with van der Waals surface area (Å²) in [6, 6.07) is 11.0. The Bertz CT molecular complexity index is 996. The number of likely N-dealkylation sites (tertiary alicyclic amines) is 2. The molecule has 3 amide bonds. The summed E-state index contributed by atoms with van der Waals surface area (Å²) in [5.74, 6) is 0.945. The number of amides is 3. The molecule has 2 unspecified atom stereocenters. The third-order valence-corrected chi connectivity index (χ3v) is 7.15. The van der Waals surface area contributed by atoms with Crippen molar-refractivity contribution in [3.8, 4) is 5.75 Å². The molecule has 1 aromatic carbocycles. The van der Waals surface area contributed by atoms with Crippen LogP contribution < -0.4 is 10.1 Å². The van der Waals surface area contributed by atoms with Crippen LogP contribution in [0.5, 0.6) is 5.75 Å². The second kappa shape index (κ2) is 11.4. The van der Waals surface area contributed by atoms with E-state index in [1.54, 1.807) is 19.4 Å². The lowest BCUT2D eigenvalue weighted by Crippen LogP contribution is -2.46. The minimum atomic E-state index is -0.419. The SMILES string of the molecule is CCCCN1C(=O)CC(C(=O)N2CCC(C(=O)NCc3ccco3)CC2)C1c1ccc(OC)cc1. The number of rotatable bonds is 9. The van der Waals surface area contributed by atoms with Gasteiger partial charge >= 0.3 is 0 Å². The molecular weight excluding hydrogens is 446 g/mol. The van der Waals surface area contributed by atoms with Gasteiger partial charge in [0, 0.05) is 32.0 Å². The van der Waals surface area contributed by atoms with Gasteiger partial charge in [-0.15, -0.1) is 0 Å². The quantitative estimate of drug-likeness (QED) is 0.592. The van der Waals surface area contributed by atoms with E-state index in [9.17, 15) is 14.4 Å². The van der Waals surface area contributed by atoms with Crippen LogP contribution in [0.3, 0.4) is 0 Å². The Balaban J connectivity index is 1.41. The van der Waals surface area contributed by atoms with E-state index in [4.69, 9.17) is 9.15 Å². The highest BCUT2D eigenvalue weighted by Gasteiger charge is 2.46. The number of benzene rings is 1. The molecule has 0 spiro atoms. The topological polar surface area (TPSA) is 92.1 Å². The van der Waals surface area contributed by atoms with Gasteiger partial charge in [0.25, 0.3) is 0 Å². The van der Waals surface area contributed by atoms with E-state index < -0.39 is 5.92 Å². The molecule has 2 aliphatic rings. The molecule has 0 saturated carbocycles. The van der Waals surface area contributed by atoms with Crippen molar-refractivity contribution in [2.75, 3.05) is 26.7 Å². The van der Waals surface area contributed by atoms with Crippen molar-refractivity contribution in [1.82, 2.24) is 15.1 Å². The zero-order valence-electron chi connectivity index (χ0n) is 20.6. The van der Waals surface area contributed by atoms with Gasteiger partial charge in [0.2, 0.25) is 17.7 Å². The van der Waals surface area contributed by atoms with Gasteiger partial charge in [0.1, 0.15) is 11.5 Å². The highest BCUT2D eigenvalue weighted by Crippen LogP contribution is 2.40. The first-order chi connectivity index (χ1) is 17.0. The van der Waals surface area contributed by atoms with E-state index >= 15 is 0 Å². The van der Waals surface area contributed by atoms with E-state index in [-0.39, 0.29) is 36.1 Å². The Morgan fingerprint density at radius 2 is 1.89 bits per heavy atom. The predicted octanol–water partition coefficient (Wildman–Crippen LogP) is 3.53. The molecule has 2 atom stereocenters. The monoisotopic (exact) mass is 481 g/mol. The van der Waals surface area contributed by atoms with Crippen LogP contribution in [0.25, 0.3) is 0 Å². The number of carbonyl (C=O) groups is 3. The first-order valence-electron chi connectivity index (χ1n) is 12.5. The Morgan fingerprint density at radius 3 is 2.51 bits per heavy atom. The zero-order chi connectivity index (χ0) is 24.8. The zero-order valence-corrected chi connectivity index (χ0v) is 20.6. The third-order valence-electron chi connectivity index (χ3n) is 7.15. The molecule has 0 bridgehead atoms. The van der Waals surface area contributed by atoms with Gasteiger partial charge in [0.05, 0.1) is 31.9 Å². The fourth-order valence-corrected chi connectivity index (χ4v) is 5.15. The summed E-state index contributed by atoms with van der Waals surface area (Å²) in [6.07, 6.45) is 4.92. The molecule has 0 radical (unpaired) electrons. The first kappa shape index (κ1) is 24.8. The van der Waals surface area contributed by atoms with Crippen LogP contribution in [-0.2, 0) is 20.9 Å². The lowest BCUT2D eigenvalue weighted by molar-refractivity contribution is -0.140. The first-order valence-corrected chi connectivity index (χ1v) is 12.5. The van der Waals surface area contributed by atoms with Crippen molar-refractivity contribution in [1.29, 1.82) is 0 Å². The van der Waals surface area contributed by atoms with Crippen molar-refractivity contribution in [3.05, 3.63) is 54.0 Å². The third kappa shape index (κ3) is 5.69. The van der Waals surface area contributed by atoms with Crippen LogP contribution in [0.1, 0.15) is 56.4 Å². The maximum Gasteiger partial charge on any atom is 0.228 e. The number of carbonyl (C=O) groups excluding carboxylic acids is 3. The minimum absolute atomic E-state index is 0.00705. The summed E-state index contributed by atoms with van der Waals surface area (Å²) in [5, 5.41) is 2.93. The molecule has 35 heavy (non-hydrogen) atoms. The molecule has 8 nitrogen and oxygen atoms in total. The second-order valence-electron chi connectivity index (χ2n) is 9.37. The Labute approximate surface area is 206 Å². The normalized spacial score (nSPS) is 20.8. The Morgan fingerprint density at radius 1 is 1.14 bits per heavy atom. The van der Waals surface area contributed by atoms with Gasteiger partial charge in [-0.25, -0.2) is 0 Å². The highest BCUT2D eigenvalue weighted by molar-refractivity contribution is 5.90. The average molecular weight is 482 g/mol. The fourth-order valence-electron chi connectivity index (χ4n) is 5.15. The summed E-state index contributed by atoms with van der Waals surface area (Å²) in [6.45, 7) is 4.15. The van der Waals surface area contributed by atoms with Crippen molar-refractivity contribution in [2.24, 2.45) is 11.8 Å². The molecule has 2 aromatic rings. The number of hydrogen-bond acceptors (Lipinski definition) is 5. The number of unbranched alkanes of at least 4 members (excludes halogenated alkanes) is 1. The van der Waals surface area contributed by atoms with Gasteiger partial charge in [-0.2, -0.15) is 0 Å². The smallest absolute Gasteiger partial charge is 0.228 e. The van der Waals surface area contributed by atoms with Gasteiger partial charge in [0.15, 0.2) is 0 Å².